The second-order valence-corrected chi connectivity index (χ2v) is 12.8. The fourth-order valence-electron chi connectivity index (χ4n) is 7.25. The van der Waals surface area contributed by atoms with Crippen molar-refractivity contribution in [2.24, 2.45) is 7.05 Å². The Kier molecular flexibility index (Phi) is 7.82. The number of ether oxygens (including phenoxy) is 1. The fourth-order valence-corrected chi connectivity index (χ4v) is 7.25. The summed E-state index contributed by atoms with van der Waals surface area (Å²) in [6.45, 7) is 5.00. The number of fused-ring (bicyclic) bond motifs is 3. The normalized spacial score (nSPS) is 17.0. The average molecular weight is 653 g/mol. The summed E-state index contributed by atoms with van der Waals surface area (Å²) in [6, 6.07) is 7.83. The molecule has 2 N–H and O–H groups in total. The van der Waals surface area contributed by atoms with E-state index in [1.54, 1.807) is 42.2 Å². The lowest BCUT2D eigenvalue weighted by molar-refractivity contribution is -0.0660. The van der Waals surface area contributed by atoms with E-state index < -0.39 is 18.0 Å². The van der Waals surface area contributed by atoms with E-state index in [0.29, 0.717) is 46.2 Å². The number of hydrogen-bond acceptors (Lipinski definition) is 9. The SMILES string of the molecule is Cn1cc(-c2ccnc(-n3ccn4c5c(c(F)c4c3=O)CCCC5)c2CO)cc(Nc2ccc(N3CCN(C4COC4)CC3)cn2)c1=O. The lowest BCUT2D eigenvalue weighted by atomic mass is 9.98. The van der Waals surface area contributed by atoms with E-state index >= 15 is 4.39 Å². The first-order valence-electron chi connectivity index (χ1n) is 16.4. The molecule has 0 unspecified atom stereocenters. The zero-order valence-electron chi connectivity index (χ0n) is 26.7. The lowest BCUT2D eigenvalue weighted by Crippen LogP contribution is -2.56. The maximum absolute atomic E-state index is 15.5. The Hall–Kier alpha value is -4.85. The Morgan fingerprint density at radius 1 is 1.02 bits per heavy atom. The second-order valence-electron chi connectivity index (χ2n) is 12.8. The molecule has 0 amide bonds. The van der Waals surface area contributed by atoms with Crippen molar-refractivity contribution >= 4 is 22.7 Å². The number of hydrogen-bond donors (Lipinski definition) is 2. The van der Waals surface area contributed by atoms with Crippen LogP contribution in [0.1, 0.15) is 29.7 Å². The zero-order valence-corrected chi connectivity index (χ0v) is 26.7. The first-order valence-corrected chi connectivity index (χ1v) is 16.4. The average Bonchev–Trinajstić information content (AvgIpc) is 3.38. The Morgan fingerprint density at radius 3 is 2.56 bits per heavy atom. The summed E-state index contributed by atoms with van der Waals surface area (Å²) in [7, 11) is 1.65. The number of aliphatic hydroxyl groups excluding tert-OH is 1. The van der Waals surface area contributed by atoms with E-state index in [4.69, 9.17) is 4.74 Å². The van der Waals surface area contributed by atoms with Gasteiger partial charge in [0.05, 0.1) is 37.7 Å². The van der Waals surface area contributed by atoms with Crippen molar-refractivity contribution in [3.8, 4) is 16.9 Å². The molecule has 2 aliphatic heterocycles. The minimum atomic E-state index is -0.545. The maximum Gasteiger partial charge on any atom is 0.283 e. The molecule has 0 atom stereocenters. The molecule has 0 saturated carbocycles. The van der Waals surface area contributed by atoms with E-state index in [1.165, 1.54) is 15.3 Å². The van der Waals surface area contributed by atoms with Crippen LogP contribution in [0.5, 0.6) is 0 Å². The van der Waals surface area contributed by atoms with Crippen LogP contribution in [0.3, 0.4) is 0 Å². The van der Waals surface area contributed by atoms with Gasteiger partial charge in [0.1, 0.15) is 22.8 Å². The van der Waals surface area contributed by atoms with Gasteiger partial charge in [-0.3, -0.25) is 19.1 Å². The summed E-state index contributed by atoms with van der Waals surface area (Å²) in [4.78, 5) is 40.8. The molecule has 0 radical (unpaired) electrons. The van der Waals surface area contributed by atoms with E-state index in [0.717, 1.165) is 70.0 Å². The van der Waals surface area contributed by atoms with Crippen molar-refractivity contribution in [2.75, 3.05) is 49.6 Å². The van der Waals surface area contributed by atoms with Crippen LogP contribution in [0.15, 0.2) is 64.8 Å². The smallest absolute Gasteiger partial charge is 0.283 e. The van der Waals surface area contributed by atoms with Gasteiger partial charge in [-0.15, -0.1) is 0 Å². The summed E-state index contributed by atoms with van der Waals surface area (Å²) in [6.07, 6.45) is 11.5. The summed E-state index contributed by atoms with van der Waals surface area (Å²) in [5.41, 5.74) is 3.53. The third-order valence-electron chi connectivity index (χ3n) is 9.97. The van der Waals surface area contributed by atoms with Crippen LogP contribution < -0.4 is 21.3 Å². The molecule has 8 rings (SSSR count). The summed E-state index contributed by atoms with van der Waals surface area (Å²) in [5.74, 6) is 0.236. The van der Waals surface area contributed by atoms with Crippen LogP contribution in [-0.4, -0.2) is 78.9 Å². The van der Waals surface area contributed by atoms with Gasteiger partial charge in [-0.25, -0.2) is 14.4 Å². The molecule has 0 aromatic carbocycles. The molecule has 3 aliphatic rings. The molecule has 248 valence electrons. The number of aromatic nitrogens is 5. The Morgan fingerprint density at radius 2 is 1.83 bits per heavy atom. The molecule has 12 nitrogen and oxygen atoms in total. The van der Waals surface area contributed by atoms with Gasteiger partial charge in [0.2, 0.25) is 0 Å². The highest BCUT2D eigenvalue weighted by Gasteiger charge is 2.29. The largest absolute Gasteiger partial charge is 0.392 e. The Balaban J connectivity index is 1.09. The van der Waals surface area contributed by atoms with E-state index in [1.807, 2.05) is 18.3 Å². The van der Waals surface area contributed by atoms with E-state index in [-0.39, 0.29) is 16.9 Å². The predicted octanol–water partition coefficient (Wildman–Crippen LogP) is 3.02. The van der Waals surface area contributed by atoms with Gasteiger partial charge in [0.15, 0.2) is 5.82 Å². The molecule has 7 heterocycles. The topological polar surface area (TPSA) is 122 Å². The molecule has 0 spiro atoms. The summed E-state index contributed by atoms with van der Waals surface area (Å²) >= 11 is 0. The van der Waals surface area contributed by atoms with Crippen molar-refractivity contribution in [3.63, 3.8) is 0 Å². The summed E-state index contributed by atoms with van der Waals surface area (Å²) in [5, 5.41) is 13.8. The van der Waals surface area contributed by atoms with Crippen LogP contribution in [0.4, 0.5) is 21.6 Å². The predicted molar refractivity (Wildman–Crippen MR) is 180 cm³/mol. The molecule has 5 aromatic rings. The molecule has 2 fully saturated rings. The molecule has 0 bridgehead atoms. The molecular weight excluding hydrogens is 615 g/mol. The molecule has 13 heteroatoms. The van der Waals surface area contributed by atoms with Crippen molar-refractivity contribution in [1.29, 1.82) is 0 Å². The third kappa shape index (κ3) is 5.18. The highest BCUT2D eigenvalue weighted by atomic mass is 19.1. The number of nitrogens with one attached hydrogen (secondary N) is 1. The number of nitrogens with zero attached hydrogens (tertiary/aromatic N) is 7. The van der Waals surface area contributed by atoms with Crippen molar-refractivity contribution in [3.05, 3.63) is 98.6 Å². The highest BCUT2D eigenvalue weighted by molar-refractivity contribution is 5.73. The Labute approximate surface area is 275 Å². The van der Waals surface area contributed by atoms with Crippen LogP contribution in [-0.2, 0) is 31.2 Å². The molecule has 5 aromatic heterocycles. The fraction of sp³-hybridized carbons (Fsp3) is 0.371. The van der Waals surface area contributed by atoms with Crippen LogP contribution in [0, 0.1) is 5.82 Å². The lowest BCUT2D eigenvalue weighted by Gasteiger charge is -2.43. The van der Waals surface area contributed by atoms with Gasteiger partial charge < -0.3 is 29.0 Å². The number of piperazine rings is 1. The maximum atomic E-state index is 15.5. The minimum Gasteiger partial charge on any atom is -0.392 e. The number of pyridine rings is 3. The van der Waals surface area contributed by atoms with Crippen molar-refractivity contribution < 1.29 is 14.2 Å². The molecule has 48 heavy (non-hydrogen) atoms. The highest BCUT2D eigenvalue weighted by Crippen LogP contribution is 2.31. The van der Waals surface area contributed by atoms with Crippen LogP contribution in [0.25, 0.3) is 22.5 Å². The Bertz CT molecular complexity index is 2130. The van der Waals surface area contributed by atoms with Crippen LogP contribution in [0.2, 0.25) is 0 Å². The number of rotatable bonds is 7. The molecule has 2 saturated heterocycles. The van der Waals surface area contributed by atoms with Gasteiger partial charge in [0.25, 0.3) is 11.1 Å². The van der Waals surface area contributed by atoms with Gasteiger partial charge in [0, 0.05) is 80.4 Å². The summed E-state index contributed by atoms with van der Waals surface area (Å²) < 4.78 is 25.3. The van der Waals surface area contributed by atoms with E-state index in [9.17, 15) is 14.7 Å². The molecule has 1 aliphatic carbocycles. The third-order valence-corrected chi connectivity index (χ3v) is 9.97. The van der Waals surface area contributed by atoms with Gasteiger partial charge in [-0.2, -0.15) is 0 Å². The second kappa shape index (κ2) is 12.3. The van der Waals surface area contributed by atoms with Gasteiger partial charge >= 0.3 is 0 Å². The van der Waals surface area contributed by atoms with Crippen molar-refractivity contribution in [2.45, 2.75) is 38.3 Å². The van der Waals surface area contributed by atoms with Gasteiger partial charge in [-0.1, -0.05) is 0 Å². The first kappa shape index (κ1) is 30.5. The van der Waals surface area contributed by atoms with Crippen LogP contribution >= 0.6 is 0 Å². The minimum absolute atomic E-state index is 0.0152. The van der Waals surface area contributed by atoms with Crippen molar-refractivity contribution in [1.82, 2.24) is 28.4 Å². The zero-order chi connectivity index (χ0) is 32.9. The number of anilines is 3. The number of aryl methyl sites for hydroxylation is 2. The van der Waals surface area contributed by atoms with E-state index in [2.05, 4.69) is 25.1 Å². The first-order chi connectivity index (χ1) is 23.4. The van der Waals surface area contributed by atoms with Gasteiger partial charge in [-0.05, 0) is 55.5 Å². The quantitative estimate of drug-likeness (QED) is 0.273. The number of aliphatic hydroxyl groups is 1. The standard InChI is InChI=1S/C35H37FN8O4/c1-40-18-22(16-28(34(40)46)39-30-7-6-23(17-38-30)41-10-12-42(13-11-41)24-20-48-21-24)25-8-9-37-33(27(25)19-45)44-15-14-43-29-5-3-2-4-26(29)31(36)32(43)35(44)47/h6-9,14-18,24,45H,2-5,10-13,19-21H2,1H3,(H,38,39). The molecular formula is C35H37FN8O4. The number of halogens is 1. The monoisotopic (exact) mass is 652 g/mol.